The Balaban J connectivity index is 1.91. The first kappa shape index (κ1) is 10.8. The summed E-state index contributed by atoms with van der Waals surface area (Å²) >= 11 is 0. The number of hydrogen-bond acceptors (Lipinski definition) is 1. The molecule has 2 nitrogen and oxygen atoms in total. The molecule has 0 radical (unpaired) electrons. The van der Waals surface area contributed by atoms with Crippen LogP contribution in [0.5, 0.6) is 0 Å². The maximum absolute atomic E-state index is 3.66. The molecule has 1 aromatic carbocycles. The molecule has 0 unspecified atom stereocenters. The van der Waals surface area contributed by atoms with E-state index < -0.39 is 0 Å². The zero-order valence-corrected chi connectivity index (χ0v) is 10.4. The molecule has 3 rings (SSSR count). The van der Waals surface area contributed by atoms with Crippen molar-refractivity contribution in [1.29, 1.82) is 0 Å². The normalized spacial score (nSPS) is 19.5. The fraction of sp³-hybridized carbons (Fsp3) is 0.467. The zero-order chi connectivity index (χ0) is 11.7. The lowest BCUT2D eigenvalue weighted by Crippen LogP contribution is -2.35. The zero-order valence-electron chi connectivity index (χ0n) is 10.4. The van der Waals surface area contributed by atoms with Crippen LogP contribution in [0.15, 0.2) is 24.4 Å². The largest absolute Gasteiger partial charge is 0.361 e. The molecule has 0 spiro atoms. The lowest BCUT2D eigenvalue weighted by Gasteiger charge is -2.26. The second-order valence-corrected chi connectivity index (χ2v) is 5.04. The van der Waals surface area contributed by atoms with Crippen molar-refractivity contribution in [2.45, 2.75) is 38.6 Å². The van der Waals surface area contributed by atoms with E-state index in [2.05, 4.69) is 35.4 Å². The Labute approximate surface area is 102 Å². The molecule has 1 atom stereocenters. The molecule has 17 heavy (non-hydrogen) atoms. The van der Waals surface area contributed by atoms with E-state index >= 15 is 0 Å². The molecule has 0 saturated carbocycles. The van der Waals surface area contributed by atoms with Crippen LogP contribution in [0, 0.1) is 0 Å². The molecule has 1 aliphatic carbocycles. The van der Waals surface area contributed by atoms with E-state index in [1.807, 2.05) is 6.20 Å². The Morgan fingerprint density at radius 3 is 3.18 bits per heavy atom. The van der Waals surface area contributed by atoms with Gasteiger partial charge in [-0.15, -0.1) is 0 Å². The van der Waals surface area contributed by atoms with Crippen LogP contribution in [-0.2, 0) is 12.8 Å². The number of H-pyrrole nitrogens is 1. The van der Waals surface area contributed by atoms with Crippen molar-refractivity contribution in [3.63, 3.8) is 0 Å². The van der Waals surface area contributed by atoms with E-state index in [0.717, 1.165) is 6.54 Å². The van der Waals surface area contributed by atoms with Crippen LogP contribution in [0.25, 0.3) is 10.9 Å². The van der Waals surface area contributed by atoms with E-state index in [1.165, 1.54) is 36.6 Å². The van der Waals surface area contributed by atoms with Gasteiger partial charge in [0, 0.05) is 23.1 Å². The third kappa shape index (κ3) is 1.98. The molecule has 1 aromatic heterocycles. The minimum absolute atomic E-state index is 0.669. The average Bonchev–Trinajstić information content (AvgIpc) is 2.84. The van der Waals surface area contributed by atoms with E-state index in [4.69, 9.17) is 0 Å². The Hall–Kier alpha value is -1.28. The van der Waals surface area contributed by atoms with Gasteiger partial charge >= 0.3 is 0 Å². The van der Waals surface area contributed by atoms with Crippen LogP contribution in [0.2, 0.25) is 0 Å². The fourth-order valence-electron chi connectivity index (χ4n) is 2.92. The summed E-state index contributed by atoms with van der Waals surface area (Å²) in [4.78, 5) is 3.31. The molecule has 1 aliphatic rings. The van der Waals surface area contributed by atoms with Gasteiger partial charge in [-0.3, -0.25) is 0 Å². The van der Waals surface area contributed by atoms with Gasteiger partial charge in [-0.25, -0.2) is 0 Å². The second-order valence-electron chi connectivity index (χ2n) is 5.04. The summed E-state index contributed by atoms with van der Waals surface area (Å²) in [6.07, 6.45) is 6.96. The molecule has 1 heterocycles. The van der Waals surface area contributed by atoms with Gasteiger partial charge in [0.25, 0.3) is 0 Å². The van der Waals surface area contributed by atoms with Crippen molar-refractivity contribution in [2.75, 3.05) is 6.54 Å². The molecule has 90 valence electrons. The number of nitrogens with one attached hydrogen (secondary N) is 2. The summed E-state index contributed by atoms with van der Waals surface area (Å²) in [6.45, 7) is 3.37. The van der Waals surface area contributed by atoms with Gasteiger partial charge in [-0.2, -0.15) is 0 Å². The Morgan fingerprint density at radius 2 is 2.29 bits per heavy atom. The fourth-order valence-corrected chi connectivity index (χ4v) is 2.92. The number of fused-ring (bicyclic) bond motifs is 3. The van der Waals surface area contributed by atoms with Gasteiger partial charge in [-0.05, 0) is 55.5 Å². The first-order chi connectivity index (χ1) is 8.38. The molecular weight excluding hydrogens is 208 g/mol. The van der Waals surface area contributed by atoms with Crippen LogP contribution in [0.1, 0.15) is 30.9 Å². The molecule has 0 bridgehead atoms. The predicted octanol–water partition coefficient (Wildman–Crippen LogP) is 3.02. The average molecular weight is 228 g/mol. The highest BCUT2D eigenvalue weighted by Crippen LogP contribution is 2.28. The third-order valence-electron chi connectivity index (χ3n) is 3.84. The highest BCUT2D eigenvalue weighted by molar-refractivity contribution is 5.84. The summed E-state index contributed by atoms with van der Waals surface area (Å²) < 4.78 is 0. The van der Waals surface area contributed by atoms with Crippen LogP contribution in [-0.4, -0.2) is 17.6 Å². The Morgan fingerprint density at radius 1 is 1.35 bits per heavy atom. The van der Waals surface area contributed by atoms with E-state index in [1.54, 1.807) is 11.1 Å². The summed E-state index contributed by atoms with van der Waals surface area (Å²) in [7, 11) is 0. The van der Waals surface area contributed by atoms with Crippen molar-refractivity contribution >= 4 is 10.9 Å². The first-order valence-corrected chi connectivity index (χ1v) is 6.69. The van der Waals surface area contributed by atoms with Gasteiger partial charge in [0.1, 0.15) is 0 Å². The SMILES string of the molecule is CCCN[C@@H]1CCc2ccc3[nH]ccc3c2C1. The quantitative estimate of drug-likeness (QED) is 0.830. The van der Waals surface area contributed by atoms with Crippen molar-refractivity contribution < 1.29 is 0 Å². The van der Waals surface area contributed by atoms with Crippen LogP contribution in [0.4, 0.5) is 0 Å². The second kappa shape index (κ2) is 4.53. The summed E-state index contributed by atoms with van der Waals surface area (Å²) in [5.41, 5.74) is 4.38. The molecule has 2 N–H and O–H groups in total. The predicted molar refractivity (Wildman–Crippen MR) is 72.4 cm³/mol. The van der Waals surface area contributed by atoms with Crippen molar-refractivity contribution in [3.05, 3.63) is 35.5 Å². The number of aryl methyl sites for hydroxylation is 1. The minimum Gasteiger partial charge on any atom is -0.361 e. The van der Waals surface area contributed by atoms with Crippen LogP contribution >= 0.6 is 0 Å². The van der Waals surface area contributed by atoms with Crippen molar-refractivity contribution in [3.8, 4) is 0 Å². The minimum atomic E-state index is 0.669. The van der Waals surface area contributed by atoms with Gasteiger partial charge < -0.3 is 10.3 Å². The molecule has 0 fully saturated rings. The maximum atomic E-state index is 3.66. The van der Waals surface area contributed by atoms with E-state index in [-0.39, 0.29) is 0 Å². The summed E-state index contributed by atoms with van der Waals surface area (Å²) in [5, 5.41) is 5.08. The topological polar surface area (TPSA) is 27.8 Å². The summed E-state index contributed by atoms with van der Waals surface area (Å²) in [5.74, 6) is 0. The number of benzene rings is 1. The smallest absolute Gasteiger partial charge is 0.0456 e. The maximum Gasteiger partial charge on any atom is 0.0456 e. The van der Waals surface area contributed by atoms with Crippen molar-refractivity contribution in [2.24, 2.45) is 0 Å². The van der Waals surface area contributed by atoms with Crippen molar-refractivity contribution in [1.82, 2.24) is 10.3 Å². The standard InChI is InChI=1S/C15H20N2/c1-2-8-16-12-5-3-11-4-6-15-13(7-9-17-15)14(11)10-12/h4,6-7,9,12,16-17H,2-3,5,8,10H2,1H3/t12-/m1/s1. The molecule has 2 aromatic rings. The first-order valence-electron chi connectivity index (χ1n) is 6.69. The number of hydrogen-bond donors (Lipinski definition) is 2. The van der Waals surface area contributed by atoms with Crippen LogP contribution < -0.4 is 5.32 Å². The lowest BCUT2D eigenvalue weighted by atomic mass is 9.86. The van der Waals surface area contributed by atoms with E-state index in [9.17, 15) is 0 Å². The van der Waals surface area contributed by atoms with Gasteiger partial charge in [0.2, 0.25) is 0 Å². The molecule has 0 saturated heterocycles. The highest BCUT2D eigenvalue weighted by Gasteiger charge is 2.19. The van der Waals surface area contributed by atoms with Gasteiger partial charge in [-0.1, -0.05) is 13.0 Å². The van der Waals surface area contributed by atoms with Crippen LogP contribution in [0.3, 0.4) is 0 Å². The summed E-state index contributed by atoms with van der Waals surface area (Å²) in [6, 6.07) is 7.40. The Bertz CT molecular complexity index is 513. The Kier molecular flexibility index (Phi) is 2.89. The lowest BCUT2D eigenvalue weighted by molar-refractivity contribution is 0.460. The van der Waals surface area contributed by atoms with E-state index in [0.29, 0.717) is 6.04 Å². The number of aromatic amines is 1. The highest BCUT2D eigenvalue weighted by atomic mass is 14.9. The monoisotopic (exact) mass is 228 g/mol. The molecule has 0 aliphatic heterocycles. The number of aromatic nitrogens is 1. The van der Waals surface area contributed by atoms with Gasteiger partial charge in [0.15, 0.2) is 0 Å². The number of rotatable bonds is 3. The third-order valence-corrected chi connectivity index (χ3v) is 3.84. The molecule has 2 heteroatoms. The van der Waals surface area contributed by atoms with Gasteiger partial charge in [0.05, 0.1) is 0 Å². The molecule has 0 amide bonds. The molecular formula is C15H20N2.